The molecule has 26 heavy (non-hydrogen) atoms. The largest absolute Gasteiger partial charge is 0.460 e. The lowest BCUT2D eigenvalue weighted by molar-refractivity contribution is -0.402. The number of hydrogen-bond acceptors (Lipinski definition) is 7. The molecular formula is C17H14N2O7. The first-order valence-corrected chi connectivity index (χ1v) is 7.85. The molecule has 0 saturated carbocycles. The van der Waals surface area contributed by atoms with Crippen molar-refractivity contribution in [3.63, 3.8) is 0 Å². The van der Waals surface area contributed by atoms with Gasteiger partial charge in [-0.1, -0.05) is 12.1 Å². The van der Waals surface area contributed by atoms with Gasteiger partial charge in [-0.15, -0.1) is 0 Å². The van der Waals surface area contributed by atoms with E-state index >= 15 is 0 Å². The van der Waals surface area contributed by atoms with E-state index in [1.807, 2.05) is 0 Å². The number of furan rings is 1. The average molecular weight is 358 g/mol. The molecule has 1 aromatic carbocycles. The van der Waals surface area contributed by atoms with Gasteiger partial charge in [0.1, 0.15) is 4.92 Å². The minimum atomic E-state index is -0.807. The maximum atomic E-state index is 12.2. The summed E-state index contributed by atoms with van der Waals surface area (Å²) >= 11 is 0. The Kier molecular flexibility index (Phi) is 4.78. The SMILES string of the molecule is O=C(OCCCCN1C(=O)c2ccccc2C1=O)c1ccc([N+](=O)[O-])o1. The molecule has 3 rings (SSSR count). The lowest BCUT2D eigenvalue weighted by Crippen LogP contribution is -2.30. The molecule has 2 heterocycles. The quantitative estimate of drug-likeness (QED) is 0.245. The van der Waals surface area contributed by atoms with Crippen LogP contribution in [-0.2, 0) is 4.74 Å². The Bertz CT molecular complexity index is 852. The minimum absolute atomic E-state index is 0.0382. The van der Waals surface area contributed by atoms with Gasteiger partial charge in [0.05, 0.1) is 23.8 Å². The Labute approximate surface area is 147 Å². The van der Waals surface area contributed by atoms with Gasteiger partial charge in [0, 0.05) is 6.54 Å². The zero-order chi connectivity index (χ0) is 18.7. The molecule has 0 unspecified atom stereocenters. The Balaban J connectivity index is 1.43. The van der Waals surface area contributed by atoms with Crippen LogP contribution in [0, 0.1) is 10.1 Å². The number of amides is 2. The van der Waals surface area contributed by atoms with Crippen molar-refractivity contribution in [2.75, 3.05) is 13.2 Å². The molecule has 0 radical (unpaired) electrons. The topological polar surface area (TPSA) is 120 Å². The Hall–Kier alpha value is -3.49. The van der Waals surface area contributed by atoms with Crippen LogP contribution in [0.25, 0.3) is 0 Å². The molecule has 0 bridgehead atoms. The first kappa shape index (κ1) is 17.3. The Morgan fingerprint density at radius 1 is 1.08 bits per heavy atom. The van der Waals surface area contributed by atoms with Crippen molar-refractivity contribution in [2.24, 2.45) is 0 Å². The van der Waals surface area contributed by atoms with E-state index in [4.69, 9.17) is 9.15 Å². The highest BCUT2D eigenvalue weighted by Crippen LogP contribution is 2.22. The summed E-state index contributed by atoms with van der Waals surface area (Å²) in [7, 11) is 0. The zero-order valence-corrected chi connectivity index (χ0v) is 13.5. The first-order chi connectivity index (χ1) is 12.5. The maximum Gasteiger partial charge on any atom is 0.433 e. The number of carbonyl (C=O) groups excluding carboxylic acids is 3. The maximum absolute atomic E-state index is 12.2. The van der Waals surface area contributed by atoms with Crippen LogP contribution in [0.5, 0.6) is 0 Å². The second-order valence-corrected chi connectivity index (χ2v) is 5.55. The summed E-state index contributed by atoms with van der Waals surface area (Å²) in [5.41, 5.74) is 0.784. The van der Waals surface area contributed by atoms with Crippen LogP contribution in [-0.4, -0.2) is 40.8 Å². The average Bonchev–Trinajstić information content (AvgIpc) is 3.21. The van der Waals surface area contributed by atoms with Gasteiger partial charge in [-0.3, -0.25) is 24.6 Å². The zero-order valence-electron chi connectivity index (χ0n) is 13.5. The number of carbonyl (C=O) groups is 3. The molecule has 2 amide bonds. The van der Waals surface area contributed by atoms with Crippen molar-refractivity contribution < 1.29 is 28.5 Å². The fourth-order valence-corrected chi connectivity index (χ4v) is 2.59. The summed E-state index contributed by atoms with van der Waals surface area (Å²) in [4.78, 5) is 47.0. The second kappa shape index (κ2) is 7.18. The summed E-state index contributed by atoms with van der Waals surface area (Å²) in [6.45, 7) is 0.257. The molecular weight excluding hydrogens is 344 g/mol. The Morgan fingerprint density at radius 2 is 1.73 bits per heavy atom. The van der Waals surface area contributed by atoms with Gasteiger partial charge in [0.2, 0.25) is 5.76 Å². The summed E-state index contributed by atoms with van der Waals surface area (Å²) < 4.78 is 9.70. The molecule has 2 aromatic rings. The predicted molar refractivity (Wildman–Crippen MR) is 86.7 cm³/mol. The van der Waals surface area contributed by atoms with Crippen molar-refractivity contribution in [1.29, 1.82) is 0 Å². The van der Waals surface area contributed by atoms with Crippen LogP contribution in [0.15, 0.2) is 40.8 Å². The highest BCUT2D eigenvalue weighted by Gasteiger charge is 2.34. The Morgan fingerprint density at radius 3 is 2.31 bits per heavy atom. The molecule has 0 atom stereocenters. The van der Waals surface area contributed by atoms with Crippen LogP contribution in [0.1, 0.15) is 44.1 Å². The highest BCUT2D eigenvalue weighted by molar-refractivity contribution is 6.21. The number of nitrogens with zero attached hydrogens (tertiary/aromatic N) is 2. The number of rotatable bonds is 7. The van der Waals surface area contributed by atoms with Crippen LogP contribution < -0.4 is 0 Å². The predicted octanol–water partition coefficient (Wildman–Crippen LogP) is 2.42. The van der Waals surface area contributed by atoms with Gasteiger partial charge < -0.3 is 9.15 Å². The smallest absolute Gasteiger partial charge is 0.433 e. The summed E-state index contributed by atoms with van der Waals surface area (Å²) in [5, 5.41) is 10.5. The van der Waals surface area contributed by atoms with E-state index in [0.717, 1.165) is 6.07 Å². The molecule has 9 nitrogen and oxygen atoms in total. The minimum Gasteiger partial charge on any atom is -0.460 e. The monoisotopic (exact) mass is 358 g/mol. The third-order valence-corrected chi connectivity index (χ3v) is 3.86. The van der Waals surface area contributed by atoms with Crippen molar-refractivity contribution in [2.45, 2.75) is 12.8 Å². The molecule has 1 aliphatic heterocycles. The second-order valence-electron chi connectivity index (χ2n) is 5.55. The lowest BCUT2D eigenvalue weighted by atomic mass is 10.1. The van der Waals surface area contributed by atoms with Crippen LogP contribution >= 0.6 is 0 Å². The molecule has 1 aromatic heterocycles. The fraction of sp³-hybridized carbons (Fsp3) is 0.235. The molecule has 134 valence electrons. The van der Waals surface area contributed by atoms with Crippen molar-refractivity contribution in [3.05, 3.63) is 63.4 Å². The van der Waals surface area contributed by atoms with Crippen LogP contribution in [0.3, 0.4) is 0 Å². The van der Waals surface area contributed by atoms with Gasteiger partial charge in [-0.2, -0.15) is 0 Å². The molecule has 9 heteroatoms. The molecule has 0 fully saturated rings. The highest BCUT2D eigenvalue weighted by atomic mass is 16.7. The number of benzene rings is 1. The van der Waals surface area contributed by atoms with E-state index in [1.165, 1.54) is 11.0 Å². The van der Waals surface area contributed by atoms with Crippen molar-refractivity contribution >= 4 is 23.7 Å². The number of ether oxygens (including phenoxy) is 1. The number of unbranched alkanes of at least 4 members (excludes halogenated alkanes) is 1. The van der Waals surface area contributed by atoms with Gasteiger partial charge >= 0.3 is 11.9 Å². The van der Waals surface area contributed by atoms with Gasteiger partial charge in [0.25, 0.3) is 11.8 Å². The van der Waals surface area contributed by atoms with E-state index in [-0.39, 0.29) is 30.7 Å². The third kappa shape index (κ3) is 3.32. The fourth-order valence-electron chi connectivity index (χ4n) is 2.59. The van der Waals surface area contributed by atoms with Crippen LogP contribution in [0.4, 0.5) is 5.88 Å². The van der Waals surface area contributed by atoms with Crippen LogP contribution in [0.2, 0.25) is 0 Å². The summed E-state index contributed by atoms with van der Waals surface area (Å²) in [6.07, 6.45) is 0.874. The van der Waals surface area contributed by atoms with Crippen molar-refractivity contribution in [3.8, 4) is 0 Å². The van der Waals surface area contributed by atoms with E-state index in [0.29, 0.717) is 24.0 Å². The number of nitro groups is 1. The lowest BCUT2D eigenvalue weighted by Gasteiger charge is -2.13. The van der Waals surface area contributed by atoms with E-state index in [2.05, 4.69) is 0 Å². The molecule has 0 spiro atoms. The number of fused-ring (bicyclic) bond motifs is 1. The summed E-state index contributed by atoms with van der Waals surface area (Å²) in [6, 6.07) is 8.86. The number of imide groups is 1. The van der Waals surface area contributed by atoms with Gasteiger partial charge in [-0.25, -0.2) is 4.79 Å². The molecule has 1 aliphatic rings. The van der Waals surface area contributed by atoms with Crippen molar-refractivity contribution in [1.82, 2.24) is 4.90 Å². The van der Waals surface area contributed by atoms with Gasteiger partial charge in [0.15, 0.2) is 0 Å². The normalized spacial score (nSPS) is 13.0. The van der Waals surface area contributed by atoms with E-state index in [1.54, 1.807) is 24.3 Å². The molecule has 0 N–H and O–H groups in total. The number of esters is 1. The summed E-state index contributed by atoms with van der Waals surface area (Å²) in [5.74, 6) is -2.26. The van der Waals surface area contributed by atoms with Gasteiger partial charge in [-0.05, 0) is 31.0 Å². The third-order valence-electron chi connectivity index (χ3n) is 3.86. The van der Waals surface area contributed by atoms with E-state index in [9.17, 15) is 24.5 Å². The number of hydrogen-bond donors (Lipinski definition) is 0. The molecule has 0 aliphatic carbocycles. The standard InChI is InChI=1S/C17H14N2O7/c20-15-11-5-1-2-6-12(11)16(21)18(15)9-3-4-10-25-17(22)13-7-8-14(26-13)19(23)24/h1-2,5-8H,3-4,9-10H2. The van der Waals surface area contributed by atoms with E-state index < -0.39 is 16.8 Å². The molecule has 0 saturated heterocycles. The first-order valence-electron chi connectivity index (χ1n) is 7.85.